The van der Waals surface area contributed by atoms with E-state index in [4.69, 9.17) is 15.9 Å². The molecule has 1 amide bonds. The standard InChI is InChI=1S/C27H21N7O2/c28-26-25-22(13-24(34(25)30-16-29-26)18-8-10-21(11-9-18)31-27(35)36)19-6-7-20-15-33(32-23(20)12-19)14-17-4-2-1-3-5-17/h1-13,15-16,31H,14H2,(H,35,36)(H2,28,29,30). The maximum absolute atomic E-state index is 10.9. The van der Waals surface area contributed by atoms with Gasteiger partial charge in [-0.25, -0.2) is 14.3 Å². The Kier molecular flexibility index (Phi) is 5.07. The zero-order valence-electron chi connectivity index (χ0n) is 19.0. The van der Waals surface area contributed by atoms with Crippen molar-refractivity contribution in [2.75, 3.05) is 11.1 Å². The van der Waals surface area contributed by atoms with E-state index in [1.54, 1.807) is 16.6 Å². The summed E-state index contributed by atoms with van der Waals surface area (Å²) < 4.78 is 3.70. The third kappa shape index (κ3) is 3.88. The van der Waals surface area contributed by atoms with Gasteiger partial charge in [0.15, 0.2) is 5.82 Å². The summed E-state index contributed by atoms with van der Waals surface area (Å²) in [6.45, 7) is 0.692. The van der Waals surface area contributed by atoms with Gasteiger partial charge in [0.1, 0.15) is 11.8 Å². The Labute approximate surface area is 205 Å². The van der Waals surface area contributed by atoms with Crippen molar-refractivity contribution in [1.29, 1.82) is 0 Å². The molecule has 0 aliphatic heterocycles. The molecule has 0 saturated carbocycles. The fraction of sp³-hybridized carbons (Fsp3) is 0.0370. The first-order valence-corrected chi connectivity index (χ1v) is 11.3. The monoisotopic (exact) mass is 475 g/mol. The Balaban J connectivity index is 1.42. The number of nitrogen functional groups attached to an aromatic ring is 1. The minimum absolute atomic E-state index is 0.366. The molecule has 0 atom stereocenters. The second kappa shape index (κ2) is 8.55. The van der Waals surface area contributed by atoms with Gasteiger partial charge < -0.3 is 10.8 Å². The number of anilines is 2. The van der Waals surface area contributed by atoms with Crippen molar-refractivity contribution >= 4 is 34.0 Å². The largest absolute Gasteiger partial charge is 0.465 e. The van der Waals surface area contributed by atoms with Gasteiger partial charge in [-0.2, -0.15) is 10.2 Å². The van der Waals surface area contributed by atoms with Crippen molar-refractivity contribution in [3.63, 3.8) is 0 Å². The van der Waals surface area contributed by atoms with E-state index in [1.165, 1.54) is 11.9 Å². The van der Waals surface area contributed by atoms with Crippen molar-refractivity contribution in [2.45, 2.75) is 6.54 Å². The molecule has 0 aliphatic carbocycles. The molecule has 36 heavy (non-hydrogen) atoms. The van der Waals surface area contributed by atoms with Crippen molar-refractivity contribution in [3.05, 3.63) is 97.0 Å². The highest BCUT2D eigenvalue weighted by molar-refractivity contribution is 5.95. The number of nitrogens with one attached hydrogen (secondary N) is 1. The van der Waals surface area contributed by atoms with Crippen LogP contribution in [-0.4, -0.2) is 35.6 Å². The van der Waals surface area contributed by atoms with Crippen LogP contribution in [0.25, 0.3) is 38.8 Å². The summed E-state index contributed by atoms with van der Waals surface area (Å²) in [5.41, 5.74) is 13.0. The Bertz CT molecular complexity index is 1720. The van der Waals surface area contributed by atoms with Crippen LogP contribution in [0.4, 0.5) is 16.3 Å². The van der Waals surface area contributed by atoms with Crippen LogP contribution in [0.3, 0.4) is 0 Å². The fourth-order valence-electron chi connectivity index (χ4n) is 4.43. The molecule has 0 aliphatic rings. The molecule has 6 rings (SSSR count). The van der Waals surface area contributed by atoms with Crippen LogP contribution in [0.5, 0.6) is 0 Å². The third-order valence-corrected chi connectivity index (χ3v) is 6.07. The van der Waals surface area contributed by atoms with Crippen LogP contribution < -0.4 is 11.1 Å². The topological polar surface area (TPSA) is 123 Å². The van der Waals surface area contributed by atoms with Gasteiger partial charge in [-0.3, -0.25) is 10.00 Å². The lowest BCUT2D eigenvalue weighted by molar-refractivity contribution is 0.209. The molecular weight excluding hydrogens is 454 g/mol. The summed E-state index contributed by atoms with van der Waals surface area (Å²) in [6.07, 6.45) is 2.35. The molecule has 176 valence electrons. The van der Waals surface area contributed by atoms with Gasteiger partial charge in [0.25, 0.3) is 0 Å². The third-order valence-electron chi connectivity index (χ3n) is 6.07. The predicted molar refractivity (Wildman–Crippen MR) is 139 cm³/mol. The molecule has 6 aromatic rings. The second-order valence-electron chi connectivity index (χ2n) is 8.44. The van der Waals surface area contributed by atoms with Crippen LogP contribution in [0.1, 0.15) is 5.56 Å². The van der Waals surface area contributed by atoms with Gasteiger partial charge in [0.2, 0.25) is 0 Å². The lowest BCUT2D eigenvalue weighted by Crippen LogP contribution is -2.06. The minimum Gasteiger partial charge on any atom is -0.465 e. The first-order valence-electron chi connectivity index (χ1n) is 11.3. The quantitative estimate of drug-likeness (QED) is 0.317. The highest BCUT2D eigenvalue weighted by Gasteiger charge is 2.17. The number of nitrogens with zero attached hydrogens (tertiary/aromatic N) is 5. The van der Waals surface area contributed by atoms with E-state index < -0.39 is 6.09 Å². The van der Waals surface area contributed by atoms with E-state index in [2.05, 4.69) is 33.6 Å². The van der Waals surface area contributed by atoms with Crippen LogP contribution in [0.15, 0.2) is 91.4 Å². The van der Waals surface area contributed by atoms with Gasteiger partial charge >= 0.3 is 6.09 Å². The van der Waals surface area contributed by atoms with Crippen molar-refractivity contribution in [1.82, 2.24) is 24.4 Å². The number of carbonyl (C=O) groups is 1. The van der Waals surface area contributed by atoms with Gasteiger partial charge in [-0.1, -0.05) is 54.6 Å². The van der Waals surface area contributed by atoms with Gasteiger partial charge in [0, 0.05) is 28.4 Å². The average Bonchev–Trinajstić information content (AvgIpc) is 3.46. The zero-order valence-corrected chi connectivity index (χ0v) is 19.0. The number of benzene rings is 3. The van der Waals surface area contributed by atoms with Crippen LogP contribution >= 0.6 is 0 Å². The number of hydrogen-bond donors (Lipinski definition) is 3. The fourth-order valence-corrected chi connectivity index (χ4v) is 4.43. The van der Waals surface area contributed by atoms with Gasteiger partial charge in [-0.15, -0.1) is 0 Å². The Morgan fingerprint density at radius 1 is 0.972 bits per heavy atom. The normalized spacial score (nSPS) is 11.2. The summed E-state index contributed by atoms with van der Waals surface area (Å²) in [4.78, 5) is 15.1. The van der Waals surface area contributed by atoms with E-state index in [0.29, 0.717) is 23.6 Å². The molecule has 9 nitrogen and oxygen atoms in total. The smallest absolute Gasteiger partial charge is 0.409 e. The predicted octanol–water partition coefficient (Wildman–Crippen LogP) is 5.13. The number of nitrogens with two attached hydrogens (primary N) is 1. The number of fused-ring (bicyclic) bond motifs is 2. The molecule has 0 saturated heterocycles. The lowest BCUT2D eigenvalue weighted by atomic mass is 10.0. The van der Waals surface area contributed by atoms with Gasteiger partial charge in [0.05, 0.1) is 17.8 Å². The SMILES string of the molecule is Nc1ncnn2c(-c3ccc(NC(=O)O)cc3)cc(-c3ccc4cn(Cc5ccccc5)nc4c3)c12. The molecule has 0 fully saturated rings. The molecule has 0 radical (unpaired) electrons. The summed E-state index contributed by atoms with van der Waals surface area (Å²) in [6, 6.07) is 25.5. The molecule has 4 N–H and O–H groups in total. The lowest BCUT2D eigenvalue weighted by Gasteiger charge is -2.05. The second-order valence-corrected chi connectivity index (χ2v) is 8.44. The summed E-state index contributed by atoms with van der Waals surface area (Å²) >= 11 is 0. The van der Waals surface area contributed by atoms with E-state index in [-0.39, 0.29) is 0 Å². The van der Waals surface area contributed by atoms with Gasteiger partial charge in [-0.05, 0) is 35.4 Å². The number of aromatic nitrogens is 5. The number of amides is 1. The van der Waals surface area contributed by atoms with E-state index in [0.717, 1.165) is 33.3 Å². The average molecular weight is 476 g/mol. The Hall–Kier alpha value is -5.18. The summed E-state index contributed by atoms with van der Waals surface area (Å²) in [5.74, 6) is 0.366. The van der Waals surface area contributed by atoms with E-state index >= 15 is 0 Å². The first kappa shape index (κ1) is 21.4. The van der Waals surface area contributed by atoms with E-state index in [9.17, 15) is 4.79 Å². The van der Waals surface area contributed by atoms with E-state index in [1.807, 2.05) is 59.4 Å². The molecule has 3 aromatic carbocycles. The molecule has 3 heterocycles. The minimum atomic E-state index is -1.11. The molecule has 0 unspecified atom stereocenters. The summed E-state index contributed by atoms with van der Waals surface area (Å²) in [5, 5.41) is 21.6. The van der Waals surface area contributed by atoms with Crippen LogP contribution in [-0.2, 0) is 6.54 Å². The highest BCUT2D eigenvalue weighted by Crippen LogP contribution is 2.36. The van der Waals surface area contributed by atoms with Crippen LogP contribution in [0.2, 0.25) is 0 Å². The zero-order chi connectivity index (χ0) is 24.6. The molecule has 0 bridgehead atoms. The highest BCUT2D eigenvalue weighted by atomic mass is 16.4. The molecular formula is C27H21N7O2. The molecule has 3 aromatic heterocycles. The summed E-state index contributed by atoms with van der Waals surface area (Å²) in [7, 11) is 0. The van der Waals surface area contributed by atoms with Crippen molar-refractivity contribution in [3.8, 4) is 22.4 Å². The van der Waals surface area contributed by atoms with Crippen molar-refractivity contribution in [2.24, 2.45) is 0 Å². The first-order chi connectivity index (χ1) is 17.5. The molecule has 9 heteroatoms. The number of hydrogen-bond acceptors (Lipinski definition) is 5. The van der Waals surface area contributed by atoms with Crippen molar-refractivity contribution < 1.29 is 9.90 Å². The number of carboxylic acid groups (broad SMARTS) is 1. The van der Waals surface area contributed by atoms with Crippen LogP contribution in [0, 0.1) is 0 Å². The maximum atomic E-state index is 10.9. The Morgan fingerprint density at radius 2 is 1.75 bits per heavy atom. The Morgan fingerprint density at radius 3 is 2.53 bits per heavy atom. The molecule has 0 spiro atoms. The number of rotatable bonds is 5. The maximum Gasteiger partial charge on any atom is 0.409 e.